The Morgan fingerprint density at radius 1 is 1.52 bits per heavy atom. The fourth-order valence-electron chi connectivity index (χ4n) is 2.44. The number of aromatic nitrogens is 3. The number of imidazole rings is 1. The smallest absolute Gasteiger partial charge is 0.329 e. The van der Waals surface area contributed by atoms with Crippen molar-refractivity contribution in [3.05, 3.63) is 30.4 Å². The van der Waals surface area contributed by atoms with Crippen molar-refractivity contribution in [3.8, 4) is 0 Å². The van der Waals surface area contributed by atoms with Crippen molar-refractivity contribution in [2.45, 2.75) is 24.5 Å². The molecule has 0 saturated heterocycles. The lowest BCUT2D eigenvalue weighted by Crippen LogP contribution is -2.64. The van der Waals surface area contributed by atoms with E-state index in [-0.39, 0.29) is 24.6 Å². The molecule has 0 bridgehead atoms. The monoisotopic (exact) mass is 290 g/mol. The Morgan fingerprint density at radius 2 is 2.29 bits per heavy atom. The van der Waals surface area contributed by atoms with Gasteiger partial charge in [-0.25, -0.2) is 14.8 Å². The van der Waals surface area contributed by atoms with Crippen LogP contribution in [0.25, 0.3) is 5.78 Å². The van der Waals surface area contributed by atoms with Crippen molar-refractivity contribution < 1.29 is 19.4 Å². The van der Waals surface area contributed by atoms with Crippen LogP contribution in [0.2, 0.25) is 0 Å². The summed E-state index contributed by atoms with van der Waals surface area (Å²) in [6.07, 6.45) is 5.14. The summed E-state index contributed by atoms with van der Waals surface area (Å²) in [5.74, 6) is -1.21. The number of fused-ring (bicyclic) bond motifs is 1. The Hall–Kier alpha value is -2.48. The third kappa shape index (κ3) is 2.23. The van der Waals surface area contributed by atoms with E-state index in [9.17, 15) is 14.7 Å². The molecule has 0 aromatic carbocycles. The SMILES string of the molecule is COC1CC(NC(=O)c2cn3cccnc3n2)(C(=O)O)C1. The fourth-order valence-corrected chi connectivity index (χ4v) is 2.44. The lowest BCUT2D eigenvalue weighted by molar-refractivity contribution is -0.155. The molecule has 2 aromatic rings. The van der Waals surface area contributed by atoms with Crippen molar-refractivity contribution in [3.63, 3.8) is 0 Å². The van der Waals surface area contributed by atoms with Crippen molar-refractivity contribution >= 4 is 17.7 Å². The number of carbonyl (C=O) groups excluding carboxylic acids is 1. The average molecular weight is 290 g/mol. The third-order valence-corrected chi connectivity index (χ3v) is 3.72. The van der Waals surface area contributed by atoms with E-state index in [1.165, 1.54) is 13.3 Å². The van der Waals surface area contributed by atoms with E-state index in [2.05, 4.69) is 15.3 Å². The summed E-state index contributed by atoms with van der Waals surface area (Å²) in [5.41, 5.74) is -1.14. The number of hydrogen-bond donors (Lipinski definition) is 2. The number of carbonyl (C=O) groups is 2. The van der Waals surface area contributed by atoms with Gasteiger partial charge in [0.25, 0.3) is 5.91 Å². The number of aliphatic carboxylic acids is 1. The Kier molecular flexibility index (Phi) is 3.09. The molecule has 1 aliphatic carbocycles. The highest BCUT2D eigenvalue weighted by atomic mass is 16.5. The predicted molar refractivity (Wildman–Crippen MR) is 70.9 cm³/mol. The van der Waals surface area contributed by atoms with Crippen LogP contribution < -0.4 is 5.32 Å². The first-order valence-electron chi connectivity index (χ1n) is 6.42. The normalized spacial score (nSPS) is 24.5. The Labute approximate surface area is 119 Å². The van der Waals surface area contributed by atoms with Gasteiger partial charge in [-0.3, -0.25) is 9.20 Å². The molecule has 0 aliphatic heterocycles. The number of methoxy groups -OCH3 is 1. The standard InChI is InChI=1S/C13H14N4O4/c1-21-8-5-13(6-8,11(19)20)16-10(18)9-7-17-4-2-3-14-12(17)15-9/h2-4,7-8H,5-6H2,1H3,(H,16,18)(H,19,20). The van der Waals surface area contributed by atoms with E-state index < -0.39 is 17.4 Å². The number of hydrogen-bond acceptors (Lipinski definition) is 5. The number of nitrogens with zero attached hydrogens (tertiary/aromatic N) is 3. The molecular formula is C13H14N4O4. The van der Waals surface area contributed by atoms with Crippen LogP contribution >= 0.6 is 0 Å². The van der Waals surface area contributed by atoms with Gasteiger partial charge in [0.15, 0.2) is 0 Å². The molecule has 2 N–H and O–H groups in total. The molecular weight excluding hydrogens is 276 g/mol. The van der Waals surface area contributed by atoms with Crippen LogP contribution in [0.4, 0.5) is 0 Å². The largest absolute Gasteiger partial charge is 0.480 e. The Balaban J connectivity index is 1.80. The second-order valence-corrected chi connectivity index (χ2v) is 5.06. The molecule has 8 heteroatoms. The van der Waals surface area contributed by atoms with E-state index >= 15 is 0 Å². The summed E-state index contributed by atoms with van der Waals surface area (Å²) in [6, 6.07) is 1.71. The minimum Gasteiger partial charge on any atom is -0.480 e. The summed E-state index contributed by atoms with van der Waals surface area (Å²) >= 11 is 0. The van der Waals surface area contributed by atoms with Gasteiger partial charge in [-0.1, -0.05) is 0 Å². The van der Waals surface area contributed by atoms with Crippen LogP contribution in [0.15, 0.2) is 24.7 Å². The number of ether oxygens (including phenoxy) is 1. The lowest BCUT2D eigenvalue weighted by atomic mass is 9.74. The van der Waals surface area contributed by atoms with Crippen LogP contribution in [-0.4, -0.2) is 50.1 Å². The van der Waals surface area contributed by atoms with Gasteiger partial charge >= 0.3 is 5.97 Å². The molecule has 1 amide bonds. The summed E-state index contributed by atoms with van der Waals surface area (Å²) in [5, 5.41) is 11.9. The summed E-state index contributed by atoms with van der Waals surface area (Å²) < 4.78 is 6.68. The zero-order valence-corrected chi connectivity index (χ0v) is 11.3. The minimum atomic E-state index is -1.28. The second kappa shape index (κ2) is 4.81. The van der Waals surface area contributed by atoms with Gasteiger partial charge in [-0.2, -0.15) is 0 Å². The molecule has 21 heavy (non-hydrogen) atoms. The topological polar surface area (TPSA) is 106 Å². The predicted octanol–water partition coefficient (Wildman–Crippen LogP) is 0.0913. The molecule has 0 unspecified atom stereocenters. The van der Waals surface area contributed by atoms with Gasteiger partial charge in [0.05, 0.1) is 6.10 Å². The molecule has 2 heterocycles. The maximum absolute atomic E-state index is 12.2. The quantitative estimate of drug-likeness (QED) is 0.826. The van der Waals surface area contributed by atoms with Gasteiger partial charge in [0, 0.05) is 38.5 Å². The fraction of sp³-hybridized carbons (Fsp3) is 0.385. The van der Waals surface area contributed by atoms with Crippen molar-refractivity contribution in [2.24, 2.45) is 0 Å². The molecule has 1 aliphatic rings. The van der Waals surface area contributed by atoms with Gasteiger partial charge in [-0.15, -0.1) is 0 Å². The zero-order valence-electron chi connectivity index (χ0n) is 11.3. The second-order valence-electron chi connectivity index (χ2n) is 5.06. The van der Waals surface area contributed by atoms with Gasteiger partial charge in [-0.05, 0) is 6.07 Å². The molecule has 110 valence electrons. The average Bonchev–Trinajstić information content (AvgIpc) is 2.85. The van der Waals surface area contributed by atoms with Crippen LogP contribution in [-0.2, 0) is 9.53 Å². The molecule has 0 spiro atoms. The Morgan fingerprint density at radius 3 is 2.90 bits per heavy atom. The van der Waals surface area contributed by atoms with E-state index in [1.807, 2.05) is 0 Å². The van der Waals surface area contributed by atoms with E-state index in [0.717, 1.165) is 0 Å². The summed E-state index contributed by atoms with van der Waals surface area (Å²) in [6.45, 7) is 0. The zero-order chi connectivity index (χ0) is 15.0. The highest BCUT2D eigenvalue weighted by Crippen LogP contribution is 2.34. The first-order chi connectivity index (χ1) is 10.0. The summed E-state index contributed by atoms with van der Waals surface area (Å²) in [4.78, 5) is 31.7. The first-order valence-corrected chi connectivity index (χ1v) is 6.42. The molecule has 2 aromatic heterocycles. The van der Waals surface area contributed by atoms with Crippen LogP contribution in [0, 0.1) is 0 Å². The van der Waals surface area contributed by atoms with E-state index in [1.54, 1.807) is 22.9 Å². The number of amides is 1. The number of nitrogens with one attached hydrogen (secondary N) is 1. The van der Waals surface area contributed by atoms with Crippen LogP contribution in [0.3, 0.4) is 0 Å². The Bertz CT molecular complexity index is 672. The maximum Gasteiger partial charge on any atom is 0.329 e. The van der Waals surface area contributed by atoms with Crippen molar-refractivity contribution in [1.82, 2.24) is 19.7 Å². The molecule has 8 nitrogen and oxygen atoms in total. The molecule has 3 rings (SSSR count). The number of carboxylic acids is 1. The van der Waals surface area contributed by atoms with Crippen molar-refractivity contribution in [2.75, 3.05) is 7.11 Å². The molecule has 1 saturated carbocycles. The lowest BCUT2D eigenvalue weighted by Gasteiger charge is -2.43. The van der Waals surface area contributed by atoms with E-state index in [0.29, 0.717) is 5.78 Å². The number of rotatable bonds is 4. The van der Waals surface area contributed by atoms with Gasteiger partial charge in [0.1, 0.15) is 11.2 Å². The first kappa shape index (κ1) is 13.5. The van der Waals surface area contributed by atoms with E-state index in [4.69, 9.17) is 4.74 Å². The molecule has 0 radical (unpaired) electrons. The van der Waals surface area contributed by atoms with Gasteiger partial charge in [0.2, 0.25) is 5.78 Å². The summed E-state index contributed by atoms with van der Waals surface area (Å²) in [7, 11) is 1.52. The van der Waals surface area contributed by atoms with Crippen LogP contribution in [0.5, 0.6) is 0 Å². The highest BCUT2D eigenvalue weighted by molar-refractivity contribution is 5.97. The van der Waals surface area contributed by atoms with Gasteiger partial charge < -0.3 is 15.2 Å². The van der Waals surface area contributed by atoms with Crippen molar-refractivity contribution in [1.29, 1.82) is 0 Å². The number of carboxylic acid groups (broad SMARTS) is 1. The minimum absolute atomic E-state index is 0.134. The molecule has 1 fully saturated rings. The third-order valence-electron chi connectivity index (χ3n) is 3.72. The highest BCUT2D eigenvalue weighted by Gasteiger charge is 2.52. The van der Waals surface area contributed by atoms with Crippen LogP contribution in [0.1, 0.15) is 23.3 Å². The molecule has 0 atom stereocenters. The maximum atomic E-state index is 12.2.